The maximum atomic E-state index is 4.96. The Morgan fingerprint density at radius 2 is 1.44 bits per heavy atom. The fourth-order valence-corrected chi connectivity index (χ4v) is 5.11. The number of aromatic nitrogens is 1. The molecular formula is C31H35N. The van der Waals surface area contributed by atoms with Crippen LogP contribution in [0.1, 0.15) is 52.8 Å². The molecule has 1 heteroatoms. The van der Waals surface area contributed by atoms with Gasteiger partial charge in [0.15, 0.2) is 0 Å². The third kappa shape index (κ3) is 3.75. The van der Waals surface area contributed by atoms with Gasteiger partial charge in [-0.2, -0.15) is 0 Å². The number of rotatable bonds is 4. The van der Waals surface area contributed by atoms with E-state index < -0.39 is 0 Å². The van der Waals surface area contributed by atoms with Crippen LogP contribution in [0.4, 0.5) is 0 Å². The highest BCUT2D eigenvalue weighted by molar-refractivity contribution is 6.02. The predicted molar refractivity (Wildman–Crippen MR) is 140 cm³/mol. The van der Waals surface area contributed by atoms with Crippen molar-refractivity contribution in [2.45, 2.75) is 61.8 Å². The number of aryl methyl sites for hydroxylation is 3. The third-order valence-electron chi connectivity index (χ3n) is 7.16. The number of hydrogen-bond donors (Lipinski definition) is 0. The Morgan fingerprint density at radius 3 is 2.12 bits per heavy atom. The number of fused-ring (bicyclic) bond motifs is 1. The lowest BCUT2D eigenvalue weighted by Gasteiger charge is -2.21. The number of hydrogen-bond acceptors (Lipinski definition) is 1. The molecule has 1 heterocycles. The first kappa shape index (κ1) is 22.3. The maximum Gasteiger partial charge on any atom is 0.0786 e. The summed E-state index contributed by atoms with van der Waals surface area (Å²) in [5, 5.41) is 2.57. The van der Waals surface area contributed by atoms with Gasteiger partial charge in [-0.05, 0) is 121 Å². The molecule has 0 spiro atoms. The molecule has 1 nitrogen and oxygen atoms in total. The number of benzene rings is 3. The highest BCUT2D eigenvalue weighted by atomic mass is 14.7. The Labute approximate surface area is 193 Å². The van der Waals surface area contributed by atoms with Crippen LogP contribution in [0.5, 0.6) is 0 Å². The number of pyridine rings is 1. The van der Waals surface area contributed by atoms with E-state index in [-0.39, 0.29) is 0 Å². The molecule has 0 radical (unpaired) electrons. The molecule has 0 unspecified atom stereocenters. The van der Waals surface area contributed by atoms with Gasteiger partial charge in [-0.3, -0.25) is 4.98 Å². The summed E-state index contributed by atoms with van der Waals surface area (Å²) in [7, 11) is 0. The van der Waals surface area contributed by atoms with E-state index in [1.165, 1.54) is 66.4 Å². The van der Waals surface area contributed by atoms with Crippen LogP contribution in [-0.4, -0.2) is 4.98 Å². The SMILES string of the molecule is Cc1ccccc1-c1c(CC(C)C)cc2ccnc(-c3cc(C)c(C)c(C)c3C)c2c1C. The molecule has 0 saturated carbocycles. The van der Waals surface area contributed by atoms with E-state index >= 15 is 0 Å². The van der Waals surface area contributed by atoms with Crippen molar-refractivity contribution in [2.75, 3.05) is 0 Å². The molecule has 1 aromatic heterocycles. The zero-order chi connectivity index (χ0) is 23.2. The Morgan fingerprint density at radius 1 is 0.719 bits per heavy atom. The van der Waals surface area contributed by atoms with Crippen LogP contribution < -0.4 is 0 Å². The lowest BCUT2D eigenvalue weighted by atomic mass is 9.84. The van der Waals surface area contributed by atoms with Crippen molar-refractivity contribution in [3.63, 3.8) is 0 Å². The van der Waals surface area contributed by atoms with Gasteiger partial charge in [0.05, 0.1) is 5.69 Å². The van der Waals surface area contributed by atoms with Gasteiger partial charge >= 0.3 is 0 Å². The molecule has 4 rings (SSSR count). The lowest BCUT2D eigenvalue weighted by Crippen LogP contribution is -2.03. The molecule has 0 fully saturated rings. The summed E-state index contributed by atoms with van der Waals surface area (Å²) in [6, 6.07) is 15.7. The molecular weight excluding hydrogens is 386 g/mol. The van der Waals surface area contributed by atoms with Crippen LogP contribution in [0.15, 0.2) is 48.7 Å². The standard InChI is InChI=1S/C31H35N/c1-18(2)15-26-17-25-13-14-32-31(28-16-20(4)21(5)22(6)23(28)7)30(25)24(8)29(26)27-12-10-9-11-19(27)3/h9-14,16-18H,15H2,1-8H3. The van der Waals surface area contributed by atoms with E-state index in [9.17, 15) is 0 Å². The average molecular weight is 422 g/mol. The minimum Gasteiger partial charge on any atom is -0.256 e. The number of nitrogens with zero attached hydrogens (tertiary/aromatic N) is 1. The van der Waals surface area contributed by atoms with Gasteiger partial charge < -0.3 is 0 Å². The van der Waals surface area contributed by atoms with E-state index in [0.29, 0.717) is 5.92 Å². The van der Waals surface area contributed by atoms with Crippen LogP contribution in [0.2, 0.25) is 0 Å². The summed E-state index contributed by atoms with van der Waals surface area (Å²) < 4.78 is 0. The highest BCUT2D eigenvalue weighted by Gasteiger charge is 2.19. The molecule has 0 atom stereocenters. The summed E-state index contributed by atoms with van der Waals surface area (Å²) >= 11 is 0. The Hall–Kier alpha value is -2.93. The van der Waals surface area contributed by atoms with Gasteiger partial charge in [-0.15, -0.1) is 0 Å². The molecule has 0 saturated heterocycles. The van der Waals surface area contributed by atoms with Crippen LogP contribution >= 0.6 is 0 Å². The topological polar surface area (TPSA) is 12.9 Å². The smallest absolute Gasteiger partial charge is 0.0786 e. The Balaban J connectivity index is 2.12. The van der Waals surface area contributed by atoms with Gasteiger partial charge in [0.25, 0.3) is 0 Å². The predicted octanol–water partition coefficient (Wildman–Crippen LogP) is 8.62. The summed E-state index contributed by atoms with van der Waals surface area (Å²) in [6.07, 6.45) is 3.05. The summed E-state index contributed by atoms with van der Waals surface area (Å²) in [6.45, 7) is 18.0. The first-order chi connectivity index (χ1) is 15.2. The van der Waals surface area contributed by atoms with Crippen molar-refractivity contribution in [3.8, 4) is 22.4 Å². The van der Waals surface area contributed by atoms with E-state index in [4.69, 9.17) is 4.98 Å². The maximum absolute atomic E-state index is 4.96. The zero-order valence-electron chi connectivity index (χ0n) is 20.9. The third-order valence-corrected chi connectivity index (χ3v) is 7.16. The average Bonchev–Trinajstić information content (AvgIpc) is 2.75. The van der Waals surface area contributed by atoms with Gasteiger partial charge in [-0.25, -0.2) is 0 Å². The van der Waals surface area contributed by atoms with E-state index in [2.05, 4.69) is 97.9 Å². The first-order valence-corrected chi connectivity index (χ1v) is 11.8. The van der Waals surface area contributed by atoms with Crippen molar-refractivity contribution < 1.29 is 0 Å². The minimum atomic E-state index is 0.598. The second kappa shape index (κ2) is 8.54. The van der Waals surface area contributed by atoms with Crippen LogP contribution in [0.25, 0.3) is 33.2 Å². The minimum absolute atomic E-state index is 0.598. The second-order valence-electron chi connectivity index (χ2n) is 9.82. The van der Waals surface area contributed by atoms with Gasteiger partial charge in [0, 0.05) is 17.1 Å². The van der Waals surface area contributed by atoms with Crippen molar-refractivity contribution >= 4 is 10.8 Å². The monoisotopic (exact) mass is 421 g/mol. The molecule has 32 heavy (non-hydrogen) atoms. The molecule has 0 aliphatic rings. The molecule has 0 N–H and O–H groups in total. The second-order valence-corrected chi connectivity index (χ2v) is 9.82. The van der Waals surface area contributed by atoms with E-state index in [0.717, 1.165) is 12.1 Å². The quantitative estimate of drug-likeness (QED) is 0.321. The molecule has 164 valence electrons. The lowest BCUT2D eigenvalue weighted by molar-refractivity contribution is 0.648. The summed E-state index contributed by atoms with van der Waals surface area (Å²) in [5.41, 5.74) is 14.6. The summed E-state index contributed by atoms with van der Waals surface area (Å²) in [5.74, 6) is 0.598. The Bertz CT molecular complexity index is 1320. The van der Waals surface area contributed by atoms with Crippen molar-refractivity contribution in [2.24, 2.45) is 5.92 Å². The van der Waals surface area contributed by atoms with Gasteiger partial charge in [-0.1, -0.05) is 44.2 Å². The molecule has 0 aliphatic carbocycles. The molecule has 4 aromatic rings. The fourth-order valence-electron chi connectivity index (χ4n) is 5.11. The van der Waals surface area contributed by atoms with Gasteiger partial charge in [0.1, 0.15) is 0 Å². The van der Waals surface area contributed by atoms with Gasteiger partial charge in [0.2, 0.25) is 0 Å². The van der Waals surface area contributed by atoms with Crippen molar-refractivity contribution in [1.29, 1.82) is 0 Å². The largest absolute Gasteiger partial charge is 0.256 e. The first-order valence-electron chi connectivity index (χ1n) is 11.8. The van der Waals surface area contributed by atoms with E-state index in [1.807, 2.05) is 6.20 Å². The van der Waals surface area contributed by atoms with Crippen molar-refractivity contribution in [3.05, 3.63) is 87.6 Å². The highest BCUT2D eigenvalue weighted by Crippen LogP contribution is 2.41. The Kier molecular flexibility index (Phi) is 5.95. The summed E-state index contributed by atoms with van der Waals surface area (Å²) in [4.78, 5) is 4.96. The molecule has 3 aromatic carbocycles. The molecule has 0 aliphatic heterocycles. The molecule has 0 amide bonds. The van der Waals surface area contributed by atoms with Crippen LogP contribution in [0.3, 0.4) is 0 Å². The van der Waals surface area contributed by atoms with Crippen molar-refractivity contribution in [1.82, 2.24) is 4.98 Å². The zero-order valence-corrected chi connectivity index (χ0v) is 20.9. The van der Waals surface area contributed by atoms with Crippen LogP contribution in [-0.2, 0) is 6.42 Å². The normalized spacial score (nSPS) is 11.5. The molecule has 0 bridgehead atoms. The fraction of sp³-hybridized carbons (Fsp3) is 0.323. The van der Waals surface area contributed by atoms with E-state index in [1.54, 1.807) is 0 Å². The van der Waals surface area contributed by atoms with Crippen LogP contribution in [0, 0.1) is 47.5 Å².